The van der Waals surface area contributed by atoms with E-state index in [-0.39, 0.29) is 0 Å². The summed E-state index contributed by atoms with van der Waals surface area (Å²) in [5.41, 5.74) is 1.53. The molecule has 0 amide bonds. The maximum atomic E-state index is 3.34. The predicted molar refractivity (Wildman–Crippen MR) is 60.5 cm³/mol. The van der Waals surface area contributed by atoms with E-state index in [0.717, 1.165) is 0 Å². The largest absolute Gasteiger partial charge is 0.317 e. The molecule has 0 fully saturated rings. The lowest BCUT2D eigenvalue weighted by molar-refractivity contribution is 0.509. The van der Waals surface area contributed by atoms with Crippen LogP contribution in [0, 0.1) is 6.92 Å². The van der Waals surface area contributed by atoms with Crippen molar-refractivity contribution in [3.8, 4) is 0 Å². The van der Waals surface area contributed by atoms with Crippen LogP contribution in [0.15, 0.2) is 11.4 Å². The molecule has 2 heteroatoms. The first-order valence-electron chi connectivity index (χ1n) is 4.98. The lowest BCUT2D eigenvalue weighted by Crippen LogP contribution is -2.24. The van der Waals surface area contributed by atoms with Crippen LogP contribution in [-0.2, 0) is 6.42 Å². The number of thiophene rings is 1. The Kier molecular flexibility index (Phi) is 4.46. The van der Waals surface area contributed by atoms with Crippen LogP contribution in [0.2, 0.25) is 0 Å². The molecule has 0 spiro atoms. The highest BCUT2D eigenvalue weighted by atomic mass is 32.1. The summed E-state index contributed by atoms with van der Waals surface area (Å²) in [7, 11) is 2.05. The standard InChI is InChI=1S/C11H19NS/c1-4-11(12-3)6-5-10-7-8-13-9(10)2/h7-8,11-12H,4-6H2,1-3H3. The Bertz CT molecular complexity index is 238. The van der Waals surface area contributed by atoms with Crippen molar-refractivity contribution in [1.82, 2.24) is 5.32 Å². The highest BCUT2D eigenvalue weighted by molar-refractivity contribution is 7.10. The third-order valence-electron chi connectivity index (χ3n) is 2.63. The molecule has 0 radical (unpaired) electrons. The molecule has 0 aliphatic heterocycles. The zero-order valence-electron chi connectivity index (χ0n) is 8.76. The fourth-order valence-corrected chi connectivity index (χ4v) is 2.31. The van der Waals surface area contributed by atoms with Crippen LogP contribution < -0.4 is 5.32 Å². The van der Waals surface area contributed by atoms with Gasteiger partial charge in [0.2, 0.25) is 0 Å². The minimum Gasteiger partial charge on any atom is -0.317 e. The van der Waals surface area contributed by atoms with Gasteiger partial charge in [-0.25, -0.2) is 0 Å². The molecule has 1 heterocycles. The Balaban J connectivity index is 2.38. The summed E-state index contributed by atoms with van der Waals surface area (Å²) in [4.78, 5) is 1.48. The van der Waals surface area contributed by atoms with E-state index in [1.165, 1.54) is 29.7 Å². The molecule has 74 valence electrons. The maximum Gasteiger partial charge on any atom is 0.00646 e. The SMILES string of the molecule is CCC(CCc1ccsc1C)NC. The monoisotopic (exact) mass is 197 g/mol. The molecule has 1 rings (SSSR count). The lowest BCUT2D eigenvalue weighted by Gasteiger charge is -2.12. The highest BCUT2D eigenvalue weighted by Gasteiger charge is 2.05. The molecule has 1 atom stereocenters. The second-order valence-electron chi connectivity index (χ2n) is 3.43. The van der Waals surface area contributed by atoms with Gasteiger partial charge >= 0.3 is 0 Å². The van der Waals surface area contributed by atoms with Gasteiger partial charge in [-0.3, -0.25) is 0 Å². The smallest absolute Gasteiger partial charge is 0.00646 e. The van der Waals surface area contributed by atoms with Crippen LogP contribution >= 0.6 is 11.3 Å². The van der Waals surface area contributed by atoms with Crippen LogP contribution in [0.3, 0.4) is 0 Å². The fraction of sp³-hybridized carbons (Fsp3) is 0.636. The van der Waals surface area contributed by atoms with E-state index in [1.807, 2.05) is 11.3 Å². The zero-order chi connectivity index (χ0) is 9.68. The van der Waals surface area contributed by atoms with Gasteiger partial charge in [-0.05, 0) is 50.2 Å². The summed E-state index contributed by atoms with van der Waals surface area (Å²) < 4.78 is 0. The lowest BCUT2D eigenvalue weighted by atomic mass is 10.0. The molecule has 0 aromatic carbocycles. The van der Waals surface area contributed by atoms with Crippen molar-refractivity contribution in [2.75, 3.05) is 7.05 Å². The average molecular weight is 197 g/mol. The first-order chi connectivity index (χ1) is 6.27. The first-order valence-corrected chi connectivity index (χ1v) is 5.86. The molecule has 0 aliphatic carbocycles. The summed E-state index contributed by atoms with van der Waals surface area (Å²) in [6.07, 6.45) is 3.69. The van der Waals surface area contributed by atoms with Gasteiger partial charge in [0, 0.05) is 10.9 Å². The van der Waals surface area contributed by atoms with E-state index >= 15 is 0 Å². The van der Waals surface area contributed by atoms with Gasteiger partial charge in [-0.1, -0.05) is 6.92 Å². The van der Waals surface area contributed by atoms with Crippen molar-refractivity contribution < 1.29 is 0 Å². The normalized spacial score (nSPS) is 13.2. The number of hydrogen-bond donors (Lipinski definition) is 1. The van der Waals surface area contributed by atoms with Crippen molar-refractivity contribution in [3.05, 3.63) is 21.9 Å². The van der Waals surface area contributed by atoms with Gasteiger partial charge in [-0.15, -0.1) is 11.3 Å². The summed E-state index contributed by atoms with van der Waals surface area (Å²) in [5, 5.41) is 5.52. The van der Waals surface area contributed by atoms with Crippen LogP contribution in [0.4, 0.5) is 0 Å². The third kappa shape index (κ3) is 3.12. The van der Waals surface area contributed by atoms with Crippen molar-refractivity contribution >= 4 is 11.3 Å². The highest BCUT2D eigenvalue weighted by Crippen LogP contribution is 2.17. The third-order valence-corrected chi connectivity index (χ3v) is 3.52. The van der Waals surface area contributed by atoms with Gasteiger partial charge in [0.1, 0.15) is 0 Å². The Morgan fingerprint density at radius 1 is 1.54 bits per heavy atom. The zero-order valence-corrected chi connectivity index (χ0v) is 9.58. The molecule has 1 N–H and O–H groups in total. The molecular formula is C11H19NS. The first kappa shape index (κ1) is 10.7. The molecule has 1 unspecified atom stereocenters. The number of nitrogens with one attached hydrogen (secondary N) is 1. The molecule has 1 aromatic rings. The van der Waals surface area contributed by atoms with Crippen molar-refractivity contribution in [2.24, 2.45) is 0 Å². The predicted octanol–water partition coefficient (Wildman–Crippen LogP) is 2.99. The van der Waals surface area contributed by atoms with Crippen LogP contribution in [0.1, 0.15) is 30.2 Å². The average Bonchev–Trinajstić information content (AvgIpc) is 2.54. The topological polar surface area (TPSA) is 12.0 Å². The summed E-state index contributed by atoms with van der Waals surface area (Å²) in [6.45, 7) is 4.45. The van der Waals surface area contributed by atoms with Crippen LogP contribution in [-0.4, -0.2) is 13.1 Å². The Morgan fingerprint density at radius 2 is 2.31 bits per heavy atom. The van der Waals surface area contributed by atoms with Crippen molar-refractivity contribution in [2.45, 2.75) is 39.2 Å². The van der Waals surface area contributed by atoms with Gasteiger partial charge in [-0.2, -0.15) is 0 Å². The molecule has 0 bridgehead atoms. The number of hydrogen-bond acceptors (Lipinski definition) is 2. The van der Waals surface area contributed by atoms with Crippen LogP contribution in [0.25, 0.3) is 0 Å². The Labute approximate surface area is 85.2 Å². The molecule has 13 heavy (non-hydrogen) atoms. The summed E-state index contributed by atoms with van der Waals surface area (Å²) in [6, 6.07) is 2.93. The summed E-state index contributed by atoms with van der Waals surface area (Å²) in [5.74, 6) is 0. The van der Waals surface area contributed by atoms with E-state index in [1.54, 1.807) is 0 Å². The number of aryl methyl sites for hydroxylation is 2. The Hall–Kier alpha value is -0.340. The van der Waals surface area contributed by atoms with E-state index in [0.29, 0.717) is 6.04 Å². The van der Waals surface area contributed by atoms with Gasteiger partial charge < -0.3 is 5.32 Å². The fourth-order valence-electron chi connectivity index (χ4n) is 1.55. The Morgan fingerprint density at radius 3 is 2.77 bits per heavy atom. The molecule has 1 nitrogen and oxygen atoms in total. The summed E-state index contributed by atoms with van der Waals surface area (Å²) >= 11 is 1.85. The van der Waals surface area contributed by atoms with E-state index in [2.05, 4.69) is 37.7 Å². The van der Waals surface area contributed by atoms with Gasteiger partial charge in [0.15, 0.2) is 0 Å². The quantitative estimate of drug-likeness (QED) is 0.765. The second kappa shape index (κ2) is 5.40. The second-order valence-corrected chi connectivity index (χ2v) is 4.55. The van der Waals surface area contributed by atoms with E-state index < -0.39 is 0 Å². The molecule has 1 aromatic heterocycles. The molecular weight excluding hydrogens is 178 g/mol. The van der Waals surface area contributed by atoms with Crippen LogP contribution in [0.5, 0.6) is 0 Å². The minimum absolute atomic E-state index is 0.680. The molecule has 0 aliphatic rings. The van der Waals surface area contributed by atoms with E-state index in [9.17, 15) is 0 Å². The van der Waals surface area contributed by atoms with E-state index in [4.69, 9.17) is 0 Å². The maximum absolute atomic E-state index is 3.34. The molecule has 0 saturated carbocycles. The van der Waals surface area contributed by atoms with Crippen molar-refractivity contribution in [1.29, 1.82) is 0 Å². The van der Waals surface area contributed by atoms with Crippen molar-refractivity contribution in [3.63, 3.8) is 0 Å². The molecule has 0 saturated heterocycles. The van der Waals surface area contributed by atoms with Gasteiger partial charge in [0.05, 0.1) is 0 Å². The minimum atomic E-state index is 0.680. The number of rotatable bonds is 5. The van der Waals surface area contributed by atoms with Gasteiger partial charge in [0.25, 0.3) is 0 Å².